The summed E-state index contributed by atoms with van der Waals surface area (Å²) in [5.41, 5.74) is 4.81. The highest BCUT2D eigenvalue weighted by Crippen LogP contribution is 2.52. The first-order chi connectivity index (χ1) is 16.5. The van der Waals surface area contributed by atoms with Crippen LogP contribution in [-0.2, 0) is 6.54 Å². The van der Waals surface area contributed by atoms with Crippen LogP contribution in [0.25, 0.3) is 0 Å². The number of nitrogens with zero attached hydrogens (tertiary/aromatic N) is 2. The summed E-state index contributed by atoms with van der Waals surface area (Å²) in [6.07, 6.45) is 5.46. The molecule has 3 aliphatic rings. The molecular formula is C29H40ClN3O. The Labute approximate surface area is 210 Å². The minimum absolute atomic E-state index is 0.438. The average Bonchev–Trinajstić information content (AvgIpc) is 2.84. The molecule has 2 aromatic carbocycles. The monoisotopic (exact) mass is 481 g/mol. The molecule has 2 heterocycles. The van der Waals surface area contributed by atoms with E-state index < -0.39 is 0 Å². The lowest BCUT2D eigenvalue weighted by atomic mass is 9.60. The molecule has 1 saturated carbocycles. The zero-order valence-corrected chi connectivity index (χ0v) is 21.8. The fourth-order valence-corrected chi connectivity index (χ4v) is 6.85. The lowest BCUT2D eigenvalue weighted by Gasteiger charge is -2.57. The maximum atomic E-state index is 6.62. The van der Waals surface area contributed by atoms with Gasteiger partial charge < -0.3 is 10.1 Å². The van der Waals surface area contributed by atoms with Gasteiger partial charge in [0.2, 0.25) is 0 Å². The van der Waals surface area contributed by atoms with Crippen molar-refractivity contribution in [2.24, 2.45) is 5.41 Å². The van der Waals surface area contributed by atoms with Gasteiger partial charge in [0.15, 0.2) is 0 Å². The molecule has 5 rings (SSSR count). The number of methoxy groups -OCH3 is 1. The Morgan fingerprint density at radius 1 is 1.09 bits per heavy atom. The summed E-state index contributed by atoms with van der Waals surface area (Å²) in [4.78, 5) is 5.46. The van der Waals surface area contributed by atoms with Gasteiger partial charge in [-0.05, 0) is 78.9 Å². The highest BCUT2D eigenvalue weighted by molar-refractivity contribution is 6.31. The van der Waals surface area contributed by atoms with Gasteiger partial charge >= 0.3 is 0 Å². The summed E-state index contributed by atoms with van der Waals surface area (Å²) >= 11 is 6.62. The van der Waals surface area contributed by atoms with Gasteiger partial charge in [0.1, 0.15) is 5.75 Å². The molecule has 2 saturated heterocycles. The Kier molecular flexibility index (Phi) is 7.22. The summed E-state index contributed by atoms with van der Waals surface area (Å²) in [5, 5.41) is 4.36. The van der Waals surface area contributed by atoms with Crippen molar-refractivity contribution in [1.82, 2.24) is 15.1 Å². The number of ether oxygens (including phenoxy) is 1. The van der Waals surface area contributed by atoms with Gasteiger partial charge in [-0.25, -0.2) is 0 Å². The minimum atomic E-state index is 0.438. The highest BCUT2D eigenvalue weighted by Gasteiger charge is 2.49. The molecule has 0 radical (unpaired) electrons. The van der Waals surface area contributed by atoms with E-state index in [0.29, 0.717) is 17.4 Å². The Morgan fingerprint density at radius 3 is 2.56 bits per heavy atom. The SMILES string of the molecule is COc1ccc(CN2CCN(C3CC4(CCNCC4)C3)C(c3ccccc3C(C)C)C2)c(Cl)c1. The van der Waals surface area contributed by atoms with E-state index in [1.165, 1.54) is 55.5 Å². The summed E-state index contributed by atoms with van der Waals surface area (Å²) in [6.45, 7) is 11.2. The largest absolute Gasteiger partial charge is 0.497 e. The first-order valence-electron chi connectivity index (χ1n) is 13.1. The summed E-state index contributed by atoms with van der Waals surface area (Å²) in [5.74, 6) is 1.35. The van der Waals surface area contributed by atoms with E-state index in [1.54, 1.807) is 7.11 Å². The molecule has 34 heavy (non-hydrogen) atoms. The molecule has 2 aliphatic heterocycles. The van der Waals surface area contributed by atoms with Crippen LogP contribution < -0.4 is 10.1 Å². The van der Waals surface area contributed by atoms with Crippen LogP contribution >= 0.6 is 11.6 Å². The van der Waals surface area contributed by atoms with Crippen molar-refractivity contribution in [2.75, 3.05) is 39.8 Å². The van der Waals surface area contributed by atoms with Crippen LogP contribution in [0.3, 0.4) is 0 Å². The average molecular weight is 482 g/mol. The maximum Gasteiger partial charge on any atom is 0.120 e. The topological polar surface area (TPSA) is 27.7 Å². The summed E-state index contributed by atoms with van der Waals surface area (Å²) in [6, 6.07) is 16.4. The second-order valence-electron chi connectivity index (χ2n) is 11.0. The predicted octanol–water partition coefficient (Wildman–Crippen LogP) is 5.86. The Morgan fingerprint density at radius 2 is 1.85 bits per heavy atom. The number of hydrogen-bond donors (Lipinski definition) is 1. The van der Waals surface area contributed by atoms with Crippen molar-refractivity contribution in [1.29, 1.82) is 0 Å². The minimum Gasteiger partial charge on any atom is -0.497 e. The van der Waals surface area contributed by atoms with E-state index in [0.717, 1.165) is 43.0 Å². The lowest BCUT2D eigenvalue weighted by Crippen LogP contribution is -2.59. The van der Waals surface area contributed by atoms with E-state index in [9.17, 15) is 0 Å². The van der Waals surface area contributed by atoms with E-state index in [1.807, 2.05) is 12.1 Å². The Hall–Kier alpha value is -1.59. The van der Waals surface area contributed by atoms with Gasteiger partial charge in [-0.3, -0.25) is 9.80 Å². The highest BCUT2D eigenvalue weighted by atomic mass is 35.5. The quantitative estimate of drug-likeness (QED) is 0.559. The molecule has 2 aromatic rings. The van der Waals surface area contributed by atoms with Crippen LogP contribution in [0.15, 0.2) is 42.5 Å². The number of piperazine rings is 1. The smallest absolute Gasteiger partial charge is 0.120 e. The summed E-state index contributed by atoms with van der Waals surface area (Å²) < 4.78 is 5.35. The fourth-order valence-electron chi connectivity index (χ4n) is 6.62. The number of halogens is 1. The molecule has 0 bridgehead atoms. The van der Waals surface area contributed by atoms with Crippen molar-refractivity contribution in [2.45, 2.75) is 64.1 Å². The Balaban J connectivity index is 1.37. The molecule has 1 unspecified atom stereocenters. The molecular weight excluding hydrogens is 442 g/mol. The third kappa shape index (κ3) is 4.88. The standard InChI is InChI=1S/C29H40ClN3O/c1-21(2)25-6-4-5-7-26(25)28-20-32(19-22-8-9-24(34-3)16-27(22)30)14-15-33(28)23-17-29(18-23)10-12-31-13-11-29/h4-9,16,21,23,28,31H,10-15,17-20H2,1-3H3. The van der Waals surface area contributed by atoms with Crippen molar-refractivity contribution in [3.63, 3.8) is 0 Å². The second kappa shape index (κ2) is 10.2. The molecule has 0 amide bonds. The predicted molar refractivity (Wildman–Crippen MR) is 141 cm³/mol. The lowest BCUT2D eigenvalue weighted by molar-refractivity contribution is -0.0650. The van der Waals surface area contributed by atoms with Crippen molar-refractivity contribution in [3.05, 3.63) is 64.2 Å². The zero-order chi connectivity index (χ0) is 23.7. The first kappa shape index (κ1) is 24.1. The fraction of sp³-hybridized carbons (Fsp3) is 0.586. The molecule has 0 aromatic heterocycles. The number of piperidine rings is 1. The van der Waals surface area contributed by atoms with Gasteiger partial charge in [-0.15, -0.1) is 0 Å². The van der Waals surface area contributed by atoms with E-state index in [2.05, 4.69) is 59.3 Å². The number of benzene rings is 2. The van der Waals surface area contributed by atoms with Gasteiger partial charge in [-0.1, -0.05) is 55.8 Å². The molecule has 1 spiro atoms. The van der Waals surface area contributed by atoms with Crippen molar-refractivity contribution < 1.29 is 4.74 Å². The van der Waals surface area contributed by atoms with Crippen molar-refractivity contribution >= 4 is 11.6 Å². The van der Waals surface area contributed by atoms with Crippen molar-refractivity contribution in [3.8, 4) is 5.75 Å². The van der Waals surface area contributed by atoms with Crippen LogP contribution in [0.1, 0.15) is 68.2 Å². The van der Waals surface area contributed by atoms with Gasteiger partial charge in [0.05, 0.1) is 7.11 Å². The van der Waals surface area contributed by atoms with Crippen LogP contribution in [0.5, 0.6) is 5.75 Å². The van der Waals surface area contributed by atoms with E-state index in [-0.39, 0.29) is 0 Å². The third-order valence-corrected chi connectivity index (χ3v) is 8.96. The van der Waals surface area contributed by atoms with Gasteiger partial charge in [0.25, 0.3) is 0 Å². The number of hydrogen-bond acceptors (Lipinski definition) is 4. The molecule has 1 atom stereocenters. The first-order valence-corrected chi connectivity index (χ1v) is 13.5. The molecule has 184 valence electrons. The molecule has 5 heteroatoms. The van der Waals surface area contributed by atoms with Gasteiger partial charge in [0, 0.05) is 43.3 Å². The van der Waals surface area contributed by atoms with E-state index in [4.69, 9.17) is 16.3 Å². The molecule has 3 fully saturated rings. The number of rotatable bonds is 6. The van der Waals surface area contributed by atoms with E-state index >= 15 is 0 Å². The van der Waals surface area contributed by atoms with Crippen LogP contribution in [0.4, 0.5) is 0 Å². The second-order valence-corrected chi connectivity index (χ2v) is 11.4. The molecule has 1 N–H and O–H groups in total. The van der Waals surface area contributed by atoms with Gasteiger partial charge in [-0.2, -0.15) is 0 Å². The molecule has 4 nitrogen and oxygen atoms in total. The normalized spacial score (nSPS) is 23.9. The molecule has 1 aliphatic carbocycles. The van der Waals surface area contributed by atoms with Crippen LogP contribution in [0, 0.1) is 5.41 Å². The maximum absolute atomic E-state index is 6.62. The van der Waals surface area contributed by atoms with Crippen LogP contribution in [-0.4, -0.2) is 55.7 Å². The zero-order valence-electron chi connectivity index (χ0n) is 21.0. The Bertz CT molecular complexity index is 979. The summed E-state index contributed by atoms with van der Waals surface area (Å²) in [7, 11) is 1.69. The third-order valence-electron chi connectivity index (χ3n) is 8.61. The van der Waals surface area contributed by atoms with Crippen LogP contribution in [0.2, 0.25) is 5.02 Å². The number of nitrogens with one attached hydrogen (secondary N) is 1.